The largest absolute Gasteiger partial charge is 0.393 e. The van der Waals surface area contributed by atoms with Crippen LogP contribution >= 0.6 is 12.2 Å². The van der Waals surface area contributed by atoms with Gasteiger partial charge in [-0.2, -0.15) is 5.10 Å². The predicted molar refractivity (Wildman–Crippen MR) is 80.1 cm³/mol. The summed E-state index contributed by atoms with van der Waals surface area (Å²) in [6.07, 6.45) is 1.01. The zero-order valence-corrected chi connectivity index (χ0v) is 12.9. The van der Waals surface area contributed by atoms with Crippen molar-refractivity contribution in [3.63, 3.8) is 0 Å². The van der Waals surface area contributed by atoms with Gasteiger partial charge in [-0.1, -0.05) is 12.2 Å². The number of nitrogens with two attached hydrogens (primary N) is 1. The van der Waals surface area contributed by atoms with Crippen LogP contribution in [0.1, 0.15) is 29.8 Å². The molecule has 5 nitrogen and oxygen atoms in total. The molecule has 1 aromatic heterocycles. The van der Waals surface area contributed by atoms with Crippen LogP contribution in [-0.2, 0) is 11.3 Å². The van der Waals surface area contributed by atoms with Gasteiger partial charge >= 0.3 is 0 Å². The Morgan fingerprint density at radius 2 is 2.00 bits per heavy atom. The van der Waals surface area contributed by atoms with Gasteiger partial charge in [-0.15, -0.1) is 0 Å². The molecule has 0 atom stereocenters. The van der Waals surface area contributed by atoms with Crippen LogP contribution in [0.4, 0.5) is 0 Å². The Kier molecular flexibility index (Phi) is 5.47. The molecule has 0 aliphatic rings. The van der Waals surface area contributed by atoms with Crippen LogP contribution < -0.4 is 5.73 Å². The van der Waals surface area contributed by atoms with Gasteiger partial charge in [-0.3, -0.25) is 9.48 Å². The molecule has 0 spiro atoms. The van der Waals surface area contributed by atoms with Crippen LogP contribution in [0.3, 0.4) is 0 Å². The smallest absolute Gasteiger partial charge is 0.224 e. The van der Waals surface area contributed by atoms with Gasteiger partial charge in [0, 0.05) is 38.7 Å². The molecule has 1 aromatic rings. The number of aromatic nitrogens is 2. The average Bonchev–Trinajstić information content (AvgIpc) is 2.60. The number of aryl methyl sites for hydroxylation is 2. The van der Waals surface area contributed by atoms with Crippen molar-refractivity contribution >= 4 is 23.1 Å². The maximum atomic E-state index is 11.9. The molecule has 0 radical (unpaired) electrons. The Bertz CT molecular complexity index is 481. The highest BCUT2D eigenvalue weighted by Gasteiger charge is 2.12. The third-order valence-corrected chi connectivity index (χ3v) is 3.60. The summed E-state index contributed by atoms with van der Waals surface area (Å²) in [7, 11) is 1.77. The van der Waals surface area contributed by atoms with Crippen molar-refractivity contribution in [2.24, 2.45) is 5.73 Å². The molecule has 6 heteroatoms. The van der Waals surface area contributed by atoms with Crippen molar-refractivity contribution in [1.82, 2.24) is 14.7 Å². The molecule has 1 heterocycles. The Hall–Kier alpha value is -1.43. The molecule has 0 aliphatic carbocycles. The molecular formula is C13H22N4OS. The van der Waals surface area contributed by atoms with Gasteiger partial charge in [0.05, 0.1) is 10.7 Å². The predicted octanol–water partition coefficient (Wildman–Crippen LogP) is 1.33. The van der Waals surface area contributed by atoms with Gasteiger partial charge in [0.25, 0.3) is 0 Å². The molecule has 0 saturated carbocycles. The molecule has 0 aliphatic heterocycles. The standard InChI is InChI=1S/C13H22N4OS/c1-9-10(2)15-17(11(9)3)8-6-13(18)16(4)7-5-12(14)19/h5-8H2,1-4H3,(H2,14,19). The molecule has 0 saturated heterocycles. The minimum Gasteiger partial charge on any atom is -0.393 e. The van der Waals surface area contributed by atoms with E-state index in [9.17, 15) is 4.79 Å². The van der Waals surface area contributed by atoms with Gasteiger partial charge in [0.2, 0.25) is 5.91 Å². The van der Waals surface area contributed by atoms with E-state index < -0.39 is 0 Å². The Balaban J connectivity index is 2.49. The molecular weight excluding hydrogens is 260 g/mol. The summed E-state index contributed by atoms with van der Waals surface area (Å²) in [5, 5.41) is 4.42. The Labute approximate surface area is 119 Å². The lowest BCUT2D eigenvalue weighted by Crippen LogP contribution is -2.30. The fourth-order valence-electron chi connectivity index (χ4n) is 1.80. The molecule has 2 N–H and O–H groups in total. The highest BCUT2D eigenvalue weighted by molar-refractivity contribution is 7.80. The van der Waals surface area contributed by atoms with Crippen molar-refractivity contribution in [1.29, 1.82) is 0 Å². The summed E-state index contributed by atoms with van der Waals surface area (Å²) in [6, 6.07) is 0. The van der Waals surface area contributed by atoms with Crippen molar-refractivity contribution in [3.05, 3.63) is 17.0 Å². The minimum atomic E-state index is 0.0847. The number of nitrogens with zero attached hydrogens (tertiary/aromatic N) is 3. The highest BCUT2D eigenvalue weighted by Crippen LogP contribution is 2.11. The molecule has 19 heavy (non-hydrogen) atoms. The third-order valence-electron chi connectivity index (χ3n) is 3.40. The number of amides is 1. The monoisotopic (exact) mass is 282 g/mol. The molecule has 106 valence electrons. The van der Waals surface area contributed by atoms with Crippen LogP contribution in [0.25, 0.3) is 0 Å². The fourth-order valence-corrected chi connectivity index (χ4v) is 1.89. The van der Waals surface area contributed by atoms with Crippen molar-refractivity contribution in [2.45, 2.75) is 40.2 Å². The summed E-state index contributed by atoms with van der Waals surface area (Å²) >= 11 is 4.80. The lowest BCUT2D eigenvalue weighted by molar-refractivity contribution is -0.130. The van der Waals surface area contributed by atoms with Gasteiger partial charge in [-0.05, 0) is 26.3 Å². The molecule has 0 bridgehead atoms. The number of hydrogen-bond acceptors (Lipinski definition) is 3. The highest BCUT2D eigenvalue weighted by atomic mass is 32.1. The zero-order valence-electron chi connectivity index (χ0n) is 12.1. The van der Waals surface area contributed by atoms with Gasteiger partial charge in [-0.25, -0.2) is 0 Å². The lowest BCUT2D eigenvalue weighted by Gasteiger charge is -2.16. The van der Waals surface area contributed by atoms with Gasteiger partial charge in [0.15, 0.2) is 0 Å². The van der Waals surface area contributed by atoms with Crippen LogP contribution in [0.15, 0.2) is 0 Å². The zero-order chi connectivity index (χ0) is 14.6. The lowest BCUT2D eigenvalue weighted by atomic mass is 10.2. The van der Waals surface area contributed by atoms with Crippen LogP contribution in [0.2, 0.25) is 0 Å². The van der Waals surface area contributed by atoms with Crippen LogP contribution in [0.5, 0.6) is 0 Å². The minimum absolute atomic E-state index is 0.0847. The Morgan fingerprint density at radius 3 is 2.47 bits per heavy atom. The van der Waals surface area contributed by atoms with Gasteiger partial charge < -0.3 is 10.6 Å². The second-order valence-corrected chi connectivity index (χ2v) is 5.32. The first-order chi connectivity index (χ1) is 8.82. The number of carbonyl (C=O) groups excluding carboxylic acids is 1. The van der Waals surface area contributed by atoms with E-state index in [1.54, 1.807) is 11.9 Å². The van der Waals surface area contributed by atoms with Crippen molar-refractivity contribution in [2.75, 3.05) is 13.6 Å². The van der Waals surface area contributed by atoms with E-state index in [-0.39, 0.29) is 5.91 Å². The summed E-state index contributed by atoms with van der Waals surface area (Å²) < 4.78 is 1.89. The van der Waals surface area contributed by atoms with E-state index in [1.807, 2.05) is 25.5 Å². The number of rotatable bonds is 6. The maximum Gasteiger partial charge on any atom is 0.224 e. The van der Waals surface area contributed by atoms with Crippen molar-refractivity contribution < 1.29 is 4.79 Å². The molecule has 0 fully saturated rings. The van der Waals surface area contributed by atoms with Crippen molar-refractivity contribution in [3.8, 4) is 0 Å². The first kappa shape index (κ1) is 15.6. The average molecular weight is 282 g/mol. The second kappa shape index (κ2) is 6.65. The van der Waals surface area contributed by atoms with Crippen LogP contribution in [0, 0.1) is 20.8 Å². The number of carbonyl (C=O) groups is 1. The molecule has 0 aromatic carbocycles. The van der Waals surface area contributed by atoms with E-state index in [4.69, 9.17) is 18.0 Å². The quantitative estimate of drug-likeness (QED) is 0.800. The van der Waals surface area contributed by atoms with E-state index in [1.165, 1.54) is 5.56 Å². The normalized spacial score (nSPS) is 10.5. The summed E-state index contributed by atoms with van der Waals surface area (Å²) in [5.74, 6) is 0.0847. The third kappa shape index (κ3) is 4.31. The summed E-state index contributed by atoms with van der Waals surface area (Å²) in [4.78, 5) is 14.0. The second-order valence-electron chi connectivity index (χ2n) is 4.80. The molecule has 1 amide bonds. The molecule has 1 rings (SSSR count). The topological polar surface area (TPSA) is 64.2 Å². The molecule has 0 unspecified atom stereocenters. The fraction of sp³-hybridized carbons (Fsp3) is 0.615. The number of hydrogen-bond donors (Lipinski definition) is 1. The van der Waals surface area contributed by atoms with E-state index in [0.717, 1.165) is 11.4 Å². The summed E-state index contributed by atoms with van der Waals surface area (Å²) in [5.41, 5.74) is 8.76. The van der Waals surface area contributed by atoms with Gasteiger partial charge in [0.1, 0.15) is 0 Å². The SMILES string of the molecule is Cc1nn(CCC(=O)N(C)CCC(N)=S)c(C)c1C. The maximum absolute atomic E-state index is 11.9. The van der Waals surface area contributed by atoms with Crippen LogP contribution in [-0.4, -0.2) is 39.2 Å². The number of thiocarbonyl (C=S) groups is 1. The van der Waals surface area contributed by atoms with E-state index in [0.29, 0.717) is 30.9 Å². The van der Waals surface area contributed by atoms with E-state index >= 15 is 0 Å². The van der Waals surface area contributed by atoms with E-state index in [2.05, 4.69) is 5.10 Å². The first-order valence-corrected chi connectivity index (χ1v) is 6.76. The first-order valence-electron chi connectivity index (χ1n) is 6.35. The Morgan fingerprint density at radius 1 is 1.37 bits per heavy atom. The summed E-state index contributed by atoms with van der Waals surface area (Å²) in [6.45, 7) is 7.23.